The monoisotopic (exact) mass is 1440 g/mol. The van der Waals surface area contributed by atoms with E-state index < -0.39 is 124 Å². The minimum Gasteiger partial charge on any atom is -0.394 e. The number of carbonyl (C=O) groups is 1. The summed E-state index contributed by atoms with van der Waals surface area (Å²) >= 11 is 0. The number of aliphatic hydroxyl groups is 11. The van der Waals surface area contributed by atoms with Crippen LogP contribution in [0.3, 0.4) is 0 Å². The van der Waals surface area contributed by atoms with E-state index in [4.69, 9.17) is 28.4 Å². The summed E-state index contributed by atoms with van der Waals surface area (Å²) in [5.74, 6) is -0.280. The van der Waals surface area contributed by atoms with Gasteiger partial charge < -0.3 is 89.9 Å². The summed E-state index contributed by atoms with van der Waals surface area (Å²) in [6.07, 6.45) is 52.5. The topological polar surface area (TPSA) is 307 Å². The standard InChI is InChI=1S/C82H151NO18/c1-3-5-7-9-11-13-15-17-19-21-23-25-27-29-31-32-34-36-38-40-42-44-46-48-50-52-54-56-58-60-70(88)83-65(66(87)59-57-55-53-51-49-47-45-43-41-39-37-35-33-30-28-26-24-22-20-18-16-14-12-10-8-6-4-2)64-96-80-76(94)73(91)78(68(62-85)98-80)101-82-77(95)74(92)79(69(63-86)99-82)100-81-75(93)72(90)71(89)67(61-84)97-81/h15,17,21,23,49,51,57,59,65-69,71-82,84-87,89-95H,3-14,16,18-20,22,24-48,50,52-56,58,60-64H2,1-2H3,(H,83,88)/b17-15-,23-21-,51-49+,59-57+. The maximum absolute atomic E-state index is 13.5. The Morgan fingerprint density at radius 1 is 0.356 bits per heavy atom. The van der Waals surface area contributed by atoms with E-state index in [-0.39, 0.29) is 18.9 Å². The Morgan fingerprint density at radius 2 is 0.663 bits per heavy atom. The molecule has 3 fully saturated rings. The average molecular weight is 1440 g/mol. The third-order valence-electron chi connectivity index (χ3n) is 20.6. The molecular formula is C82H151NO18. The van der Waals surface area contributed by atoms with Crippen LogP contribution in [0.25, 0.3) is 0 Å². The van der Waals surface area contributed by atoms with Gasteiger partial charge in [0.1, 0.15) is 73.2 Å². The van der Waals surface area contributed by atoms with E-state index in [1.54, 1.807) is 6.08 Å². The summed E-state index contributed by atoms with van der Waals surface area (Å²) in [6.45, 7) is 1.76. The molecule has 0 aromatic rings. The largest absolute Gasteiger partial charge is 0.394 e. The number of allylic oxidation sites excluding steroid dienone is 7. The molecule has 0 bridgehead atoms. The van der Waals surface area contributed by atoms with Crippen LogP contribution in [0, 0.1) is 0 Å². The Bertz CT molecular complexity index is 2010. The number of ether oxygens (including phenoxy) is 6. The molecule has 101 heavy (non-hydrogen) atoms. The zero-order chi connectivity index (χ0) is 73.2. The molecule has 3 aliphatic rings. The molecule has 1 amide bonds. The van der Waals surface area contributed by atoms with Gasteiger partial charge in [-0.15, -0.1) is 0 Å². The van der Waals surface area contributed by atoms with Crippen LogP contribution in [-0.2, 0) is 33.2 Å². The van der Waals surface area contributed by atoms with Crippen LogP contribution >= 0.6 is 0 Å². The fourth-order valence-electron chi connectivity index (χ4n) is 13.9. The minimum atomic E-state index is -1.98. The lowest BCUT2D eigenvalue weighted by molar-refractivity contribution is -0.379. The van der Waals surface area contributed by atoms with Crippen LogP contribution in [0.5, 0.6) is 0 Å². The van der Waals surface area contributed by atoms with Crippen molar-refractivity contribution in [3.05, 3.63) is 48.6 Å². The molecule has 3 rings (SSSR count). The van der Waals surface area contributed by atoms with E-state index in [0.29, 0.717) is 12.8 Å². The summed E-state index contributed by atoms with van der Waals surface area (Å²) < 4.78 is 34.5. The number of amides is 1. The van der Waals surface area contributed by atoms with Crippen molar-refractivity contribution in [1.82, 2.24) is 5.32 Å². The maximum atomic E-state index is 13.5. The molecule has 12 N–H and O–H groups in total. The third kappa shape index (κ3) is 42.8. The SMILES string of the molecule is CCCCCCC/C=C\C/C=C\CCCCCCCCCCCCCCCCCCCC(=O)NC(COC1OC(CO)C(OC2OC(CO)C(OC3OC(CO)C(O)C(O)C3O)C(O)C2O)C(O)C1O)C(O)/C=C/CC/C=C/CCCCCCCCCCCCCCCCCCCCCCC. The van der Waals surface area contributed by atoms with Gasteiger partial charge >= 0.3 is 0 Å². The molecule has 17 atom stereocenters. The Hall–Kier alpha value is -2.25. The smallest absolute Gasteiger partial charge is 0.220 e. The van der Waals surface area contributed by atoms with Gasteiger partial charge in [-0.1, -0.05) is 313 Å². The molecule has 17 unspecified atom stereocenters. The van der Waals surface area contributed by atoms with Gasteiger partial charge in [0.25, 0.3) is 0 Å². The predicted molar refractivity (Wildman–Crippen MR) is 402 cm³/mol. The van der Waals surface area contributed by atoms with Crippen molar-refractivity contribution in [3.63, 3.8) is 0 Å². The fourth-order valence-corrected chi connectivity index (χ4v) is 13.9. The third-order valence-corrected chi connectivity index (χ3v) is 20.6. The second-order valence-corrected chi connectivity index (χ2v) is 29.6. The number of unbranched alkanes of at least 4 members (excludes halogenated alkanes) is 44. The van der Waals surface area contributed by atoms with E-state index in [1.807, 2.05) is 6.08 Å². The second kappa shape index (κ2) is 62.8. The van der Waals surface area contributed by atoms with Crippen LogP contribution in [0.4, 0.5) is 0 Å². The van der Waals surface area contributed by atoms with Gasteiger partial charge in [0.15, 0.2) is 18.9 Å². The highest BCUT2D eigenvalue weighted by Gasteiger charge is 2.54. The lowest BCUT2D eigenvalue weighted by Crippen LogP contribution is -2.66. The van der Waals surface area contributed by atoms with Crippen LogP contribution in [0.1, 0.15) is 335 Å². The first-order chi connectivity index (χ1) is 49.3. The van der Waals surface area contributed by atoms with Crippen molar-refractivity contribution in [2.45, 2.75) is 439 Å². The predicted octanol–water partition coefficient (Wildman–Crippen LogP) is 14.1. The summed E-state index contributed by atoms with van der Waals surface area (Å²) in [7, 11) is 0. The molecule has 19 nitrogen and oxygen atoms in total. The fraction of sp³-hybridized carbons (Fsp3) is 0.890. The first-order valence-electron chi connectivity index (χ1n) is 41.4. The van der Waals surface area contributed by atoms with Crippen molar-refractivity contribution in [3.8, 4) is 0 Å². The number of nitrogens with one attached hydrogen (secondary N) is 1. The van der Waals surface area contributed by atoms with Crippen molar-refractivity contribution < 1.29 is 89.4 Å². The molecule has 0 aliphatic carbocycles. The average Bonchev–Trinajstić information content (AvgIpc) is 0.796. The summed E-state index contributed by atoms with van der Waals surface area (Å²) in [5.41, 5.74) is 0. The van der Waals surface area contributed by atoms with Crippen molar-refractivity contribution >= 4 is 5.91 Å². The minimum absolute atomic E-state index is 0.237. The lowest BCUT2D eigenvalue weighted by atomic mass is 9.96. The Balaban J connectivity index is 1.38. The molecule has 3 heterocycles. The van der Waals surface area contributed by atoms with Gasteiger partial charge in [-0.3, -0.25) is 4.79 Å². The first-order valence-corrected chi connectivity index (χ1v) is 41.4. The molecule has 0 spiro atoms. The highest BCUT2D eigenvalue weighted by Crippen LogP contribution is 2.33. The number of hydrogen-bond acceptors (Lipinski definition) is 18. The normalized spacial score (nSPS) is 26.5. The summed E-state index contributed by atoms with van der Waals surface area (Å²) in [6, 6.07) is -0.992. The Morgan fingerprint density at radius 3 is 1.05 bits per heavy atom. The molecule has 19 heteroatoms. The molecule has 0 saturated carbocycles. The number of rotatable bonds is 66. The molecule has 592 valence electrons. The van der Waals surface area contributed by atoms with E-state index in [1.165, 1.54) is 257 Å². The van der Waals surface area contributed by atoms with Gasteiger partial charge in [0, 0.05) is 6.42 Å². The molecule has 3 aliphatic heterocycles. The Labute approximate surface area is 612 Å². The van der Waals surface area contributed by atoms with Crippen molar-refractivity contribution in [1.29, 1.82) is 0 Å². The molecule has 3 saturated heterocycles. The maximum Gasteiger partial charge on any atom is 0.220 e. The van der Waals surface area contributed by atoms with E-state index in [0.717, 1.165) is 44.9 Å². The van der Waals surface area contributed by atoms with Gasteiger partial charge in [0.2, 0.25) is 5.91 Å². The van der Waals surface area contributed by atoms with Gasteiger partial charge in [0.05, 0.1) is 38.6 Å². The van der Waals surface area contributed by atoms with E-state index >= 15 is 0 Å². The molecule has 0 aromatic heterocycles. The Kier molecular flexibility index (Phi) is 57.8. The van der Waals surface area contributed by atoms with Gasteiger partial charge in [-0.05, 0) is 64.2 Å². The number of aliphatic hydroxyl groups excluding tert-OH is 11. The molecular weight excluding hydrogens is 1290 g/mol. The lowest BCUT2D eigenvalue weighted by Gasteiger charge is -2.48. The van der Waals surface area contributed by atoms with Crippen molar-refractivity contribution in [2.24, 2.45) is 0 Å². The van der Waals surface area contributed by atoms with Gasteiger partial charge in [-0.2, -0.15) is 0 Å². The second-order valence-electron chi connectivity index (χ2n) is 29.6. The highest BCUT2D eigenvalue weighted by atomic mass is 16.8. The van der Waals surface area contributed by atoms with Gasteiger partial charge in [-0.25, -0.2) is 0 Å². The first kappa shape index (κ1) is 93.0. The zero-order valence-electron chi connectivity index (χ0n) is 63.4. The summed E-state index contributed by atoms with van der Waals surface area (Å²) in [5, 5.41) is 121. The number of hydrogen-bond donors (Lipinski definition) is 12. The van der Waals surface area contributed by atoms with E-state index in [2.05, 4.69) is 55.6 Å². The van der Waals surface area contributed by atoms with Crippen LogP contribution in [0.2, 0.25) is 0 Å². The zero-order valence-corrected chi connectivity index (χ0v) is 63.4. The number of carbonyl (C=O) groups excluding carboxylic acids is 1. The quantitative estimate of drug-likeness (QED) is 0.0199. The van der Waals surface area contributed by atoms with Crippen LogP contribution in [-0.4, -0.2) is 193 Å². The van der Waals surface area contributed by atoms with Crippen molar-refractivity contribution in [2.75, 3.05) is 26.4 Å². The summed E-state index contributed by atoms with van der Waals surface area (Å²) in [4.78, 5) is 13.5. The van der Waals surface area contributed by atoms with Crippen LogP contribution in [0.15, 0.2) is 48.6 Å². The van der Waals surface area contributed by atoms with Crippen LogP contribution < -0.4 is 5.32 Å². The molecule has 0 aromatic carbocycles. The molecule has 0 radical (unpaired) electrons. The highest BCUT2D eigenvalue weighted by molar-refractivity contribution is 5.76. The van der Waals surface area contributed by atoms with E-state index in [9.17, 15) is 61.0 Å².